The molecule has 1 aliphatic rings. The third kappa shape index (κ3) is 3.40. The van der Waals surface area contributed by atoms with E-state index in [9.17, 15) is 9.59 Å². The van der Waals surface area contributed by atoms with E-state index in [4.69, 9.17) is 9.47 Å². The Morgan fingerprint density at radius 2 is 1.77 bits per heavy atom. The number of benzene rings is 1. The van der Waals surface area contributed by atoms with Crippen LogP contribution in [-0.2, 0) is 19.7 Å². The first kappa shape index (κ1) is 16.3. The van der Waals surface area contributed by atoms with Crippen LogP contribution < -0.4 is 5.32 Å². The lowest BCUT2D eigenvalue weighted by atomic mass is 9.61. The lowest BCUT2D eigenvalue weighted by molar-refractivity contribution is -0.152. The Morgan fingerprint density at radius 3 is 2.27 bits per heavy atom. The van der Waals surface area contributed by atoms with Crippen molar-refractivity contribution >= 4 is 12.1 Å². The molecule has 0 saturated heterocycles. The van der Waals surface area contributed by atoms with Gasteiger partial charge in [0.2, 0.25) is 0 Å². The maximum atomic E-state index is 12.2. The SMILES string of the molecule is COC(=O)C1(c2ccccc2)CC(NC(=O)OC(C)(C)C)C1. The molecule has 0 spiro atoms. The van der Waals surface area contributed by atoms with Crippen LogP contribution in [0.3, 0.4) is 0 Å². The van der Waals surface area contributed by atoms with Gasteiger partial charge in [0.05, 0.1) is 12.5 Å². The van der Waals surface area contributed by atoms with Crippen LogP contribution in [0.15, 0.2) is 30.3 Å². The van der Waals surface area contributed by atoms with Crippen molar-refractivity contribution in [1.29, 1.82) is 0 Å². The smallest absolute Gasteiger partial charge is 0.407 e. The highest BCUT2D eigenvalue weighted by atomic mass is 16.6. The molecule has 2 rings (SSSR count). The lowest BCUT2D eigenvalue weighted by Gasteiger charge is -2.45. The van der Waals surface area contributed by atoms with Gasteiger partial charge in [0.15, 0.2) is 0 Å². The van der Waals surface area contributed by atoms with E-state index in [0.717, 1.165) is 5.56 Å². The molecule has 0 bridgehead atoms. The summed E-state index contributed by atoms with van der Waals surface area (Å²) in [7, 11) is 1.39. The zero-order valence-electron chi connectivity index (χ0n) is 13.5. The fraction of sp³-hybridized carbons (Fsp3) is 0.529. The minimum atomic E-state index is -0.671. The molecule has 1 aromatic rings. The van der Waals surface area contributed by atoms with Gasteiger partial charge in [0.25, 0.3) is 0 Å². The van der Waals surface area contributed by atoms with Crippen LogP contribution in [0.1, 0.15) is 39.2 Å². The van der Waals surface area contributed by atoms with Crippen LogP contribution in [0.2, 0.25) is 0 Å². The summed E-state index contributed by atoms with van der Waals surface area (Å²) in [5, 5.41) is 2.81. The Bertz CT molecular complexity index is 542. The molecule has 0 radical (unpaired) electrons. The van der Waals surface area contributed by atoms with E-state index in [1.807, 2.05) is 51.1 Å². The second kappa shape index (κ2) is 5.99. The molecule has 0 atom stereocenters. The molecular weight excluding hydrogens is 282 g/mol. The van der Waals surface area contributed by atoms with Crippen molar-refractivity contribution in [3.05, 3.63) is 35.9 Å². The standard InChI is InChI=1S/C17H23NO4/c1-16(2,3)22-15(20)18-13-10-17(11-13,14(19)21-4)12-8-6-5-7-9-12/h5-9,13H,10-11H2,1-4H3,(H,18,20). The maximum Gasteiger partial charge on any atom is 0.407 e. The van der Waals surface area contributed by atoms with Crippen molar-refractivity contribution in [3.8, 4) is 0 Å². The van der Waals surface area contributed by atoms with Gasteiger partial charge in [-0.3, -0.25) is 4.79 Å². The summed E-state index contributed by atoms with van der Waals surface area (Å²) in [6.07, 6.45) is 0.579. The molecule has 120 valence electrons. The molecule has 5 heteroatoms. The van der Waals surface area contributed by atoms with Crippen molar-refractivity contribution in [2.24, 2.45) is 0 Å². The zero-order valence-corrected chi connectivity index (χ0v) is 13.5. The third-order valence-corrected chi connectivity index (χ3v) is 3.81. The number of carbonyl (C=O) groups excluding carboxylic acids is 2. The molecule has 0 aliphatic heterocycles. The first-order valence-electron chi connectivity index (χ1n) is 7.40. The Kier molecular flexibility index (Phi) is 4.44. The number of amides is 1. The zero-order chi connectivity index (χ0) is 16.4. The Labute approximate surface area is 131 Å². The fourth-order valence-corrected chi connectivity index (χ4v) is 2.83. The number of hydrogen-bond donors (Lipinski definition) is 1. The van der Waals surface area contributed by atoms with E-state index in [2.05, 4.69) is 5.32 Å². The van der Waals surface area contributed by atoms with Gasteiger partial charge in [-0.15, -0.1) is 0 Å². The van der Waals surface area contributed by atoms with Crippen molar-refractivity contribution in [2.75, 3.05) is 7.11 Å². The molecule has 5 nitrogen and oxygen atoms in total. The van der Waals surface area contributed by atoms with Gasteiger partial charge in [-0.1, -0.05) is 30.3 Å². The monoisotopic (exact) mass is 305 g/mol. The van der Waals surface area contributed by atoms with Gasteiger partial charge in [-0.25, -0.2) is 4.79 Å². The van der Waals surface area contributed by atoms with Gasteiger partial charge in [-0.05, 0) is 39.2 Å². The van der Waals surface area contributed by atoms with E-state index in [1.54, 1.807) is 0 Å². The molecule has 0 unspecified atom stereocenters. The fourth-order valence-electron chi connectivity index (χ4n) is 2.83. The van der Waals surface area contributed by atoms with Crippen LogP contribution in [0.25, 0.3) is 0 Å². The molecule has 1 amide bonds. The van der Waals surface area contributed by atoms with Crippen LogP contribution in [0.4, 0.5) is 4.79 Å². The number of carbonyl (C=O) groups is 2. The van der Waals surface area contributed by atoms with E-state index in [-0.39, 0.29) is 12.0 Å². The number of ether oxygens (including phenoxy) is 2. The van der Waals surface area contributed by atoms with E-state index in [0.29, 0.717) is 12.8 Å². The predicted molar refractivity (Wildman–Crippen MR) is 82.5 cm³/mol. The summed E-state index contributed by atoms with van der Waals surface area (Å²) >= 11 is 0. The molecule has 1 fully saturated rings. The first-order chi connectivity index (χ1) is 10.3. The number of alkyl carbamates (subject to hydrolysis) is 1. The highest BCUT2D eigenvalue weighted by molar-refractivity contribution is 5.85. The molecule has 22 heavy (non-hydrogen) atoms. The number of nitrogens with one attached hydrogen (secondary N) is 1. The van der Waals surface area contributed by atoms with Crippen molar-refractivity contribution in [2.45, 2.75) is 50.7 Å². The summed E-state index contributed by atoms with van der Waals surface area (Å²) in [6.45, 7) is 5.45. The van der Waals surface area contributed by atoms with Gasteiger partial charge in [0, 0.05) is 6.04 Å². The third-order valence-electron chi connectivity index (χ3n) is 3.81. The summed E-state index contributed by atoms with van der Waals surface area (Å²) in [5.41, 5.74) is -0.286. The highest BCUT2D eigenvalue weighted by Gasteiger charge is 2.53. The van der Waals surface area contributed by atoms with Crippen molar-refractivity contribution in [1.82, 2.24) is 5.32 Å². The summed E-state index contributed by atoms with van der Waals surface area (Å²) in [4.78, 5) is 24.0. The molecule has 0 heterocycles. The van der Waals surface area contributed by atoms with Crippen LogP contribution in [0.5, 0.6) is 0 Å². The Hall–Kier alpha value is -2.04. The number of rotatable bonds is 3. The normalized spacial score (nSPS) is 24.1. The van der Waals surface area contributed by atoms with E-state index >= 15 is 0 Å². The van der Waals surface area contributed by atoms with Gasteiger partial charge in [-0.2, -0.15) is 0 Å². The molecular formula is C17H23NO4. The number of methoxy groups -OCH3 is 1. The summed E-state index contributed by atoms with van der Waals surface area (Å²) in [5.74, 6) is -0.263. The predicted octanol–water partition coefficient (Wildman–Crippen LogP) is 2.78. The maximum absolute atomic E-state index is 12.2. The number of esters is 1. The minimum Gasteiger partial charge on any atom is -0.468 e. The topological polar surface area (TPSA) is 64.6 Å². The van der Waals surface area contributed by atoms with Crippen molar-refractivity contribution < 1.29 is 19.1 Å². The van der Waals surface area contributed by atoms with Crippen LogP contribution in [-0.4, -0.2) is 30.8 Å². The molecule has 1 aliphatic carbocycles. The molecule has 1 aromatic carbocycles. The summed E-state index contributed by atoms with van der Waals surface area (Å²) in [6, 6.07) is 9.45. The minimum absolute atomic E-state index is 0.0887. The van der Waals surface area contributed by atoms with Gasteiger partial charge < -0.3 is 14.8 Å². The first-order valence-corrected chi connectivity index (χ1v) is 7.40. The average Bonchev–Trinajstić information content (AvgIpc) is 2.40. The largest absolute Gasteiger partial charge is 0.468 e. The highest BCUT2D eigenvalue weighted by Crippen LogP contribution is 2.45. The molecule has 1 N–H and O–H groups in total. The van der Waals surface area contributed by atoms with Gasteiger partial charge >= 0.3 is 12.1 Å². The second-order valence-corrected chi connectivity index (χ2v) is 6.69. The quantitative estimate of drug-likeness (QED) is 0.872. The Balaban J connectivity index is 2.03. The second-order valence-electron chi connectivity index (χ2n) is 6.69. The average molecular weight is 305 g/mol. The number of hydrogen-bond acceptors (Lipinski definition) is 4. The van der Waals surface area contributed by atoms with Crippen LogP contribution in [0, 0.1) is 0 Å². The van der Waals surface area contributed by atoms with Gasteiger partial charge in [0.1, 0.15) is 5.60 Å². The summed E-state index contributed by atoms with van der Waals surface area (Å²) < 4.78 is 10.2. The van der Waals surface area contributed by atoms with Crippen LogP contribution >= 0.6 is 0 Å². The molecule has 0 aromatic heterocycles. The Morgan fingerprint density at radius 1 is 1.18 bits per heavy atom. The molecule has 1 saturated carbocycles. The van der Waals surface area contributed by atoms with Crippen molar-refractivity contribution in [3.63, 3.8) is 0 Å². The van der Waals surface area contributed by atoms with E-state index < -0.39 is 17.1 Å². The lowest BCUT2D eigenvalue weighted by Crippen LogP contribution is -2.57. The van der Waals surface area contributed by atoms with E-state index in [1.165, 1.54) is 7.11 Å².